The fourth-order valence-corrected chi connectivity index (χ4v) is 4.06. The molecule has 2 heterocycles. The highest BCUT2D eigenvalue weighted by molar-refractivity contribution is 7.19. The van der Waals surface area contributed by atoms with Crippen LogP contribution >= 0.6 is 22.9 Å². The number of fused-ring (bicyclic) bond motifs is 1. The monoisotopic (exact) mass is 266 g/mol. The van der Waals surface area contributed by atoms with Gasteiger partial charge in [-0.15, -0.1) is 11.3 Å². The molecule has 17 heavy (non-hydrogen) atoms. The first-order valence-corrected chi connectivity index (χ1v) is 7.21. The molecule has 1 aliphatic rings. The zero-order chi connectivity index (χ0) is 11.9. The van der Waals surface area contributed by atoms with E-state index in [4.69, 9.17) is 16.6 Å². The van der Waals surface area contributed by atoms with E-state index >= 15 is 0 Å². The maximum absolute atomic E-state index is 6.22. The number of halogens is 1. The van der Waals surface area contributed by atoms with Crippen molar-refractivity contribution in [3.05, 3.63) is 28.2 Å². The molecule has 3 rings (SSSR count). The van der Waals surface area contributed by atoms with E-state index < -0.39 is 0 Å². The first-order valence-electron chi connectivity index (χ1n) is 6.01. The van der Waals surface area contributed by atoms with Crippen LogP contribution in [0.5, 0.6) is 0 Å². The molecule has 90 valence electrons. The maximum atomic E-state index is 6.22. The Morgan fingerprint density at radius 2 is 2.41 bits per heavy atom. The largest absolute Gasteiger partial charge is 0.316 e. The molecule has 1 atom stereocenters. The summed E-state index contributed by atoms with van der Waals surface area (Å²) in [5, 5.41) is 5.52. The highest BCUT2D eigenvalue weighted by Gasteiger charge is 2.36. The summed E-state index contributed by atoms with van der Waals surface area (Å²) >= 11 is 7.98. The van der Waals surface area contributed by atoms with Crippen molar-refractivity contribution in [2.45, 2.75) is 25.2 Å². The van der Waals surface area contributed by atoms with Crippen LogP contribution in [0.1, 0.15) is 24.8 Å². The molecular formula is C13H15ClN2S. The van der Waals surface area contributed by atoms with E-state index in [1.165, 1.54) is 11.4 Å². The Morgan fingerprint density at radius 3 is 3.06 bits per heavy atom. The molecular weight excluding hydrogens is 252 g/mol. The number of nitrogens with zero attached hydrogens (tertiary/aromatic N) is 1. The molecule has 1 N–H and O–H groups in total. The number of nitrogens with one attached hydrogen (secondary N) is 1. The minimum atomic E-state index is 0.229. The summed E-state index contributed by atoms with van der Waals surface area (Å²) in [5.41, 5.74) is 1.27. The van der Waals surface area contributed by atoms with Gasteiger partial charge in [-0.05, 0) is 31.5 Å². The van der Waals surface area contributed by atoms with Gasteiger partial charge in [0.05, 0.1) is 15.2 Å². The Bertz CT molecular complexity index is 543. The minimum Gasteiger partial charge on any atom is -0.316 e. The van der Waals surface area contributed by atoms with Crippen molar-refractivity contribution in [2.75, 3.05) is 13.1 Å². The number of thiazole rings is 1. The van der Waals surface area contributed by atoms with E-state index in [9.17, 15) is 0 Å². The lowest BCUT2D eigenvalue weighted by Crippen LogP contribution is -2.27. The molecule has 0 spiro atoms. The Hall–Kier alpha value is -0.640. The summed E-state index contributed by atoms with van der Waals surface area (Å²) < 4.78 is 1.13. The Kier molecular flexibility index (Phi) is 2.85. The average molecular weight is 267 g/mol. The summed E-state index contributed by atoms with van der Waals surface area (Å²) in [5.74, 6) is 0. The quantitative estimate of drug-likeness (QED) is 0.899. The lowest BCUT2D eigenvalue weighted by atomic mass is 9.85. The Morgan fingerprint density at radius 1 is 1.53 bits per heavy atom. The first kappa shape index (κ1) is 11.5. The lowest BCUT2D eigenvalue weighted by molar-refractivity contribution is 0.452. The van der Waals surface area contributed by atoms with Crippen LogP contribution in [0.25, 0.3) is 10.2 Å². The molecule has 1 saturated heterocycles. The van der Waals surface area contributed by atoms with Gasteiger partial charge in [-0.2, -0.15) is 0 Å². The van der Waals surface area contributed by atoms with E-state index in [2.05, 4.69) is 12.2 Å². The molecule has 0 radical (unpaired) electrons. The summed E-state index contributed by atoms with van der Waals surface area (Å²) in [7, 11) is 0. The molecule has 1 aromatic carbocycles. The number of hydrogen-bond donors (Lipinski definition) is 1. The molecule has 0 aliphatic carbocycles. The molecule has 0 bridgehead atoms. The standard InChI is InChI=1S/C13H15ClN2S/c1-2-13(6-7-15-8-13)12-16-10-5-3-4-9(14)11(10)17-12/h3-5,15H,2,6-8H2,1H3. The average Bonchev–Trinajstić information content (AvgIpc) is 2.96. The van der Waals surface area contributed by atoms with Crippen molar-refractivity contribution in [3.8, 4) is 0 Å². The zero-order valence-electron chi connectivity index (χ0n) is 9.79. The number of aromatic nitrogens is 1. The second-order valence-electron chi connectivity index (χ2n) is 4.67. The van der Waals surface area contributed by atoms with Crippen molar-refractivity contribution < 1.29 is 0 Å². The van der Waals surface area contributed by atoms with Gasteiger partial charge in [-0.3, -0.25) is 0 Å². The number of benzene rings is 1. The Labute approximate surface area is 110 Å². The molecule has 0 saturated carbocycles. The fourth-order valence-electron chi connectivity index (χ4n) is 2.52. The van der Waals surface area contributed by atoms with Crippen LogP contribution in [0.4, 0.5) is 0 Å². The van der Waals surface area contributed by atoms with Crippen molar-refractivity contribution in [1.29, 1.82) is 0 Å². The van der Waals surface area contributed by atoms with Gasteiger partial charge in [0.15, 0.2) is 0 Å². The summed E-state index contributed by atoms with van der Waals surface area (Å²) in [6.45, 7) is 4.39. The number of rotatable bonds is 2. The second-order valence-corrected chi connectivity index (χ2v) is 6.07. The van der Waals surface area contributed by atoms with E-state index in [1.54, 1.807) is 11.3 Å². The van der Waals surface area contributed by atoms with Gasteiger partial charge in [0.1, 0.15) is 5.01 Å². The predicted molar refractivity (Wildman–Crippen MR) is 74.1 cm³/mol. The smallest absolute Gasteiger partial charge is 0.101 e. The normalized spacial score (nSPS) is 24.6. The third kappa shape index (κ3) is 1.77. The van der Waals surface area contributed by atoms with Gasteiger partial charge in [0.25, 0.3) is 0 Å². The molecule has 1 aliphatic heterocycles. The van der Waals surface area contributed by atoms with Crippen molar-refractivity contribution >= 4 is 33.2 Å². The SMILES string of the molecule is CCC1(c2nc3cccc(Cl)c3s2)CCNC1. The highest BCUT2D eigenvalue weighted by Crippen LogP contribution is 2.40. The molecule has 4 heteroatoms. The third-order valence-electron chi connectivity index (χ3n) is 3.74. The third-order valence-corrected chi connectivity index (χ3v) is 5.52. The molecule has 1 aromatic heterocycles. The lowest BCUT2D eigenvalue weighted by Gasteiger charge is -2.23. The number of hydrogen-bond acceptors (Lipinski definition) is 3. The Balaban J connectivity index is 2.14. The molecule has 2 aromatic rings. The maximum Gasteiger partial charge on any atom is 0.101 e. The minimum absolute atomic E-state index is 0.229. The highest BCUT2D eigenvalue weighted by atomic mass is 35.5. The summed E-state index contributed by atoms with van der Waals surface area (Å²) in [6.07, 6.45) is 2.32. The van der Waals surface area contributed by atoms with E-state index in [0.29, 0.717) is 0 Å². The molecule has 2 nitrogen and oxygen atoms in total. The van der Waals surface area contributed by atoms with Gasteiger partial charge in [-0.1, -0.05) is 24.6 Å². The van der Waals surface area contributed by atoms with Gasteiger partial charge >= 0.3 is 0 Å². The summed E-state index contributed by atoms with van der Waals surface area (Å²) in [4.78, 5) is 4.79. The summed E-state index contributed by atoms with van der Waals surface area (Å²) in [6, 6.07) is 5.96. The van der Waals surface area contributed by atoms with Crippen LogP contribution in [0, 0.1) is 0 Å². The zero-order valence-corrected chi connectivity index (χ0v) is 11.4. The van der Waals surface area contributed by atoms with Gasteiger partial charge in [0.2, 0.25) is 0 Å². The van der Waals surface area contributed by atoms with Crippen molar-refractivity contribution in [3.63, 3.8) is 0 Å². The van der Waals surface area contributed by atoms with Crippen LogP contribution < -0.4 is 5.32 Å². The fraction of sp³-hybridized carbons (Fsp3) is 0.462. The molecule has 1 fully saturated rings. The van der Waals surface area contributed by atoms with E-state index in [0.717, 1.165) is 34.7 Å². The van der Waals surface area contributed by atoms with Crippen LogP contribution in [0.2, 0.25) is 5.02 Å². The van der Waals surface area contributed by atoms with Crippen LogP contribution in [0.15, 0.2) is 18.2 Å². The van der Waals surface area contributed by atoms with E-state index in [1.807, 2.05) is 18.2 Å². The van der Waals surface area contributed by atoms with Gasteiger partial charge in [0, 0.05) is 12.0 Å². The van der Waals surface area contributed by atoms with Gasteiger partial charge < -0.3 is 5.32 Å². The predicted octanol–water partition coefficient (Wildman–Crippen LogP) is 3.59. The van der Waals surface area contributed by atoms with Crippen LogP contribution in [-0.2, 0) is 5.41 Å². The van der Waals surface area contributed by atoms with Crippen molar-refractivity contribution in [2.24, 2.45) is 0 Å². The molecule has 0 amide bonds. The van der Waals surface area contributed by atoms with Crippen molar-refractivity contribution in [1.82, 2.24) is 10.3 Å². The van der Waals surface area contributed by atoms with Gasteiger partial charge in [-0.25, -0.2) is 4.98 Å². The first-order chi connectivity index (χ1) is 8.25. The topological polar surface area (TPSA) is 24.9 Å². The van der Waals surface area contributed by atoms with Crippen LogP contribution in [-0.4, -0.2) is 18.1 Å². The van der Waals surface area contributed by atoms with E-state index in [-0.39, 0.29) is 5.41 Å². The second kappa shape index (κ2) is 4.23. The molecule has 1 unspecified atom stereocenters. The van der Waals surface area contributed by atoms with Crippen LogP contribution in [0.3, 0.4) is 0 Å².